The summed E-state index contributed by atoms with van der Waals surface area (Å²) in [6, 6.07) is 7.09. The van der Waals surface area contributed by atoms with Crippen molar-refractivity contribution in [3.8, 4) is 0 Å². The zero-order valence-electron chi connectivity index (χ0n) is 13.1. The lowest BCUT2D eigenvalue weighted by Gasteiger charge is -2.24. The maximum Gasteiger partial charge on any atom is 0.0500 e. The highest BCUT2D eigenvalue weighted by atomic mass is 32.1. The van der Waals surface area contributed by atoms with E-state index in [1.54, 1.807) is 0 Å². The number of rotatable bonds is 5. The van der Waals surface area contributed by atoms with Gasteiger partial charge in [0.2, 0.25) is 0 Å². The molecule has 0 saturated carbocycles. The van der Waals surface area contributed by atoms with Gasteiger partial charge >= 0.3 is 0 Å². The summed E-state index contributed by atoms with van der Waals surface area (Å²) < 4.78 is 0. The SMILES string of the molecule is CCCNC(c1cc(C)c(C)s1)C1CCc2cccnc21. The van der Waals surface area contributed by atoms with E-state index in [1.165, 1.54) is 45.8 Å². The molecule has 2 nitrogen and oxygen atoms in total. The molecule has 0 spiro atoms. The second-order valence-electron chi connectivity index (χ2n) is 6.01. The largest absolute Gasteiger partial charge is 0.309 e. The third-order valence-electron chi connectivity index (χ3n) is 4.51. The van der Waals surface area contributed by atoms with Gasteiger partial charge in [-0.1, -0.05) is 13.0 Å². The fourth-order valence-electron chi connectivity index (χ4n) is 3.26. The van der Waals surface area contributed by atoms with Crippen molar-refractivity contribution in [2.75, 3.05) is 6.54 Å². The highest BCUT2D eigenvalue weighted by Crippen LogP contribution is 2.42. The molecule has 2 aromatic rings. The van der Waals surface area contributed by atoms with Gasteiger partial charge in [-0.3, -0.25) is 4.98 Å². The number of hydrogen-bond donors (Lipinski definition) is 1. The molecule has 1 aliphatic rings. The Morgan fingerprint density at radius 3 is 3.00 bits per heavy atom. The maximum absolute atomic E-state index is 4.69. The predicted molar refractivity (Wildman–Crippen MR) is 90.1 cm³/mol. The van der Waals surface area contributed by atoms with E-state index in [9.17, 15) is 0 Å². The molecule has 3 rings (SSSR count). The fraction of sp³-hybridized carbons (Fsp3) is 0.500. The minimum atomic E-state index is 0.415. The normalized spacial score (nSPS) is 18.7. The van der Waals surface area contributed by atoms with Crippen LogP contribution in [0.4, 0.5) is 0 Å². The van der Waals surface area contributed by atoms with E-state index in [2.05, 4.69) is 49.3 Å². The van der Waals surface area contributed by atoms with E-state index in [-0.39, 0.29) is 0 Å². The average molecular weight is 300 g/mol. The van der Waals surface area contributed by atoms with Crippen molar-refractivity contribution in [2.24, 2.45) is 0 Å². The van der Waals surface area contributed by atoms with Crippen LogP contribution in [0, 0.1) is 13.8 Å². The molecular weight excluding hydrogens is 276 g/mol. The molecule has 0 bridgehead atoms. The van der Waals surface area contributed by atoms with Crippen molar-refractivity contribution in [2.45, 2.75) is 52.0 Å². The second kappa shape index (κ2) is 6.29. The molecule has 0 amide bonds. The van der Waals surface area contributed by atoms with Crippen molar-refractivity contribution in [3.63, 3.8) is 0 Å². The number of pyridine rings is 1. The van der Waals surface area contributed by atoms with E-state index in [0.717, 1.165) is 6.54 Å². The van der Waals surface area contributed by atoms with Gasteiger partial charge in [-0.05, 0) is 62.9 Å². The zero-order valence-corrected chi connectivity index (χ0v) is 14.0. The molecule has 0 fully saturated rings. The fourth-order valence-corrected chi connectivity index (χ4v) is 4.45. The van der Waals surface area contributed by atoms with Gasteiger partial charge in [-0.25, -0.2) is 0 Å². The number of thiophene rings is 1. The Balaban J connectivity index is 1.93. The van der Waals surface area contributed by atoms with Crippen LogP contribution in [0.15, 0.2) is 24.4 Å². The lowest BCUT2D eigenvalue weighted by atomic mass is 9.95. The van der Waals surface area contributed by atoms with Gasteiger partial charge in [0.1, 0.15) is 0 Å². The smallest absolute Gasteiger partial charge is 0.0500 e. The standard InChI is InChI=1S/C18H24N2S/c1-4-9-19-18(16-11-12(2)13(3)21-16)15-8-7-14-6-5-10-20-17(14)15/h5-6,10-11,15,18-19H,4,7-9H2,1-3H3. The van der Waals surface area contributed by atoms with Crippen molar-refractivity contribution in [1.82, 2.24) is 10.3 Å². The van der Waals surface area contributed by atoms with Crippen LogP contribution < -0.4 is 5.32 Å². The van der Waals surface area contributed by atoms with Gasteiger partial charge in [0, 0.05) is 33.6 Å². The monoisotopic (exact) mass is 300 g/mol. The molecule has 2 heterocycles. The number of aromatic nitrogens is 1. The third kappa shape index (κ3) is 2.90. The van der Waals surface area contributed by atoms with Gasteiger partial charge in [0.25, 0.3) is 0 Å². The first kappa shape index (κ1) is 14.7. The van der Waals surface area contributed by atoms with Crippen LogP contribution in [-0.4, -0.2) is 11.5 Å². The first-order valence-corrected chi connectivity index (χ1v) is 8.76. The molecule has 0 aliphatic heterocycles. The molecular formula is C18H24N2S. The number of fused-ring (bicyclic) bond motifs is 1. The van der Waals surface area contributed by atoms with Crippen LogP contribution in [0.3, 0.4) is 0 Å². The number of hydrogen-bond acceptors (Lipinski definition) is 3. The molecule has 1 aliphatic carbocycles. The van der Waals surface area contributed by atoms with Crippen molar-refractivity contribution >= 4 is 11.3 Å². The molecule has 2 aromatic heterocycles. The highest BCUT2D eigenvalue weighted by Gasteiger charge is 2.32. The first-order chi connectivity index (χ1) is 10.2. The lowest BCUT2D eigenvalue weighted by molar-refractivity contribution is 0.443. The summed E-state index contributed by atoms with van der Waals surface area (Å²) in [5.74, 6) is 0.519. The summed E-state index contributed by atoms with van der Waals surface area (Å²) in [6.07, 6.45) is 5.49. The van der Waals surface area contributed by atoms with Crippen LogP contribution in [0.1, 0.15) is 58.3 Å². The molecule has 0 radical (unpaired) electrons. The summed E-state index contributed by atoms with van der Waals surface area (Å²) in [4.78, 5) is 7.60. The van der Waals surface area contributed by atoms with Crippen LogP contribution >= 0.6 is 11.3 Å². The second-order valence-corrected chi connectivity index (χ2v) is 7.30. The minimum absolute atomic E-state index is 0.415. The van der Waals surface area contributed by atoms with E-state index >= 15 is 0 Å². The first-order valence-electron chi connectivity index (χ1n) is 7.94. The van der Waals surface area contributed by atoms with Crippen LogP contribution in [0.2, 0.25) is 0 Å². The molecule has 0 saturated heterocycles. The Kier molecular flexibility index (Phi) is 4.41. The lowest BCUT2D eigenvalue weighted by Crippen LogP contribution is -2.26. The Morgan fingerprint density at radius 2 is 2.29 bits per heavy atom. The molecule has 2 atom stereocenters. The average Bonchev–Trinajstić information content (AvgIpc) is 3.05. The number of nitrogens with one attached hydrogen (secondary N) is 1. The Bertz CT molecular complexity index is 598. The van der Waals surface area contributed by atoms with Gasteiger partial charge < -0.3 is 5.32 Å². The van der Waals surface area contributed by atoms with Gasteiger partial charge in [-0.15, -0.1) is 11.3 Å². The highest BCUT2D eigenvalue weighted by molar-refractivity contribution is 7.12. The maximum atomic E-state index is 4.69. The van der Waals surface area contributed by atoms with Gasteiger partial charge in [0.05, 0.1) is 0 Å². The predicted octanol–water partition coefficient (Wildman–Crippen LogP) is 4.53. The summed E-state index contributed by atoms with van der Waals surface area (Å²) in [6.45, 7) is 7.74. The zero-order chi connectivity index (χ0) is 14.8. The van der Waals surface area contributed by atoms with Crippen molar-refractivity contribution < 1.29 is 0 Å². The van der Waals surface area contributed by atoms with Crippen molar-refractivity contribution in [3.05, 3.63) is 51.0 Å². The Labute approximate surface area is 131 Å². The third-order valence-corrected chi connectivity index (χ3v) is 5.75. The Hall–Kier alpha value is -1.19. The van der Waals surface area contributed by atoms with Crippen LogP contribution in [0.25, 0.3) is 0 Å². The molecule has 1 N–H and O–H groups in total. The van der Waals surface area contributed by atoms with Crippen LogP contribution in [0.5, 0.6) is 0 Å². The Morgan fingerprint density at radius 1 is 1.43 bits per heavy atom. The molecule has 112 valence electrons. The quantitative estimate of drug-likeness (QED) is 0.877. The topological polar surface area (TPSA) is 24.9 Å². The molecule has 0 aromatic carbocycles. The summed E-state index contributed by atoms with van der Waals surface area (Å²) in [7, 11) is 0. The van der Waals surface area contributed by atoms with E-state index in [0.29, 0.717) is 12.0 Å². The van der Waals surface area contributed by atoms with Gasteiger partial charge in [-0.2, -0.15) is 0 Å². The van der Waals surface area contributed by atoms with E-state index in [1.807, 2.05) is 17.5 Å². The number of nitrogens with zero attached hydrogens (tertiary/aromatic N) is 1. The summed E-state index contributed by atoms with van der Waals surface area (Å²) in [5.41, 5.74) is 4.17. The molecule has 3 heteroatoms. The number of aryl methyl sites for hydroxylation is 3. The van der Waals surface area contributed by atoms with Crippen LogP contribution in [-0.2, 0) is 6.42 Å². The summed E-state index contributed by atoms with van der Waals surface area (Å²) in [5, 5.41) is 3.78. The molecule has 2 unspecified atom stereocenters. The van der Waals surface area contributed by atoms with E-state index < -0.39 is 0 Å². The summed E-state index contributed by atoms with van der Waals surface area (Å²) >= 11 is 1.94. The van der Waals surface area contributed by atoms with Crippen molar-refractivity contribution in [1.29, 1.82) is 0 Å². The van der Waals surface area contributed by atoms with Gasteiger partial charge in [0.15, 0.2) is 0 Å². The molecule has 21 heavy (non-hydrogen) atoms. The minimum Gasteiger partial charge on any atom is -0.309 e. The van der Waals surface area contributed by atoms with E-state index in [4.69, 9.17) is 0 Å².